The Balaban J connectivity index is 2.64. The minimum Gasteiger partial charge on any atom is -0.266 e. The summed E-state index contributed by atoms with van der Waals surface area (Å²) in [5, 5.41) is 2.14. The molecule has 1 nitrogen and oxygen atoms in total. The van der Waals surface area contributed by atoms with Crippen LogP contribution < -0.4 is 0 Å². The fraction of sp³-hybridized carbons (Fsp3) is 0.500. The van der Waals surface area contributed by atoms with Gasteiger partial charge in [-0.2, -0.15) is 0 Å². The van der Waals surface area contributed by atoms with Crippen LogP contribution in [-0.2, 0) is 6.42 Å². The fourth-order valence-corrected chi connectivity index (χ4v) is 2.78. The lowest BCUT2D eigenvalue weighted by molar-refractivity contribution is 0.833. The SMILES string of the molecule is CCCCC(C)=N/C=C(/C=C(/C)Cc1cccs1)CC. The summed E-state index contributed by atoms with van der Waals surface area (Å²) in [5.74, 6) is 0. The van der Waals surface area contributed by atoms with Crippen molar-refractivity contribution in [2.75, 3.05) is 0 Å². The summed E-state index contributed by atoms with van der Waals surface area (Å²) in [6.45, 7) is 8.74. The molecule has 0 saturated carbocycles. The van der Waals surface area contributed by atoms with Crippen LogP contribution in [0.15, 0.2) is 45.9 Å². The molecule has 0 bridgehead atoms. The Hall–Kier alpha value is -1.15. The van der Waals surface area contributed by atoms with Gasteiger partial charge < -0.3 is 0 Å². The molecule has 0 radical (unpaired) electrons. The van der Waals surface area contributed by atoms with Gasteiger partial charge in [-0.25, -0.2) is 0 Å². The Bertz CT molecular complexity index is 464. The van der Waals surface area contributed by atoms with Crippen LogP contribution in [0.4, 0.5) is 0 Å². The number of hydrogen-bond acceptors (Lipinski definition) is 2. The predicted octanol–water partition coefficient (Wildman–Crippen LogP) is 6.18. The number of rotatable bonds is 8. The van der Waals surface area contributed by atoms with E-state index in [1.807, 2.05) is 17.5 Å². The molecule has 0 atom stereocenters. The molecule has 0 amide bonds. The predicted molar refractivity (Wildman–Crippen MR) is 92.8 cm³/mol. The number of aliphatic imine (C=N–C) groups is 1. The molecule has 1 aromatic rings. The van der Waals surface area contributed by atoms with Crippen molar-refractivity contribution in [1.29, 1.82) is 0 Å². The minimum atomic E-state index is 1.03. The number of allylic oxidation sites excluding steroid dienone is 3. The topological polar surface area (TPSA) is 12.4 Å². The second-order valence-corrected chi connectivity index (χ2v) is 6.30. The van der Waals surface area contributed by atoms with Crippen molar-refractivity contribution >= 4 is 17.0 Å². The van der Waals surface area contributed by atoms with Crippen LogP contribution in [0, 0.1) is 0 Å². The van der Waals surface area contributed by atoms with E-state index in [1.165, 1.54) is 34.6 Å². The molecule has 0 N–H and O–H groups in total. The van der Waals surface area contributed by atoms with Crippen molar-refractivity contribution in [2.24, 2.45) is 4.99 Å². The van der Waals surface area contributed by atoms with E-state index in [0.717, 1.165) is 19.3 Å². The molecule has 0 aliphatic rings. The van der Waals surface area contributed by atoms with Crippen LogP contribution in [0.1, 0.15) is 58.3 Å². The number of hydrogen-bond donors (Lipinski definition) is 0. The van der Waals surface area contributed by atoms with Gasteiger partial charge in [-0.1, -0.05) is 38.0 Å². The highest BCUT2D eigenvalue weighted by Crippen LogP contribution is 2.16. The molecular weight excluding hydrogens is 262 g/mol. The molecule has 0 aliphatic carbocycles. The standard InChI is InChI=1S/C18H27NS/c1-5-7-9-16(4)19-14-17(6-2)12-15(3)13-18-10-8-11-20-18/h8,10-12,14H,5-7,9,13H2,1-4H3/b15-12-,17-14+,19-16?. The molecule has 1 aromatic heterocycles. The molecule has 1 heterocycles. The third kappa shape index (κ3) is 6.85. The molecule has 20 heavy (non-hydrogen) atoms. The van der Waals surface area contributed by atoms with Crippen LogP contribution in [0.5, 0.6) is 0 Å². The van der Waals surface area contributed by atoms with E-state index in [4.69, 9.17) is 0 Å². The minimum absolute atomic E-state index is 1.03. The lowest BCUT2D eigenvalue weighted by Crippen LogP contribution is -1.90. The second-order valence-electron chi connectivity index (χ2n) is 5.27. The Morgan fingerprint density at radius 1 is 1.30 bits per heavy atom. The average molecular weight is 289 g/mol. The van der Waals surface area contributed by atoms with Gasteiger partial charge >= 0.3 is 0 Å². The van der Waals surface area contributed by atoms with Crippen LogP contribution in [0.25, 0.3) is 0 Å². The first kappa shape index (κ1) is 16.9. The molecule has 110 valence electrons. The summed E-state index contributed by atoms with van der Waals surface area (Å²) in [7, 11) is 0. The monoisotopic (exact) mass is 289 g/mol. The van der Waals surface area contributed by atoms with Crippen molar-refractivity contribution in [3.63, 3.8) is 0 Å². The quantitative estimate of drug-likeness (QED) is 0.400. The van der Waals surface area contributed by atoms with Crippen LogP contribution in [-0.4, -0.2) is 5.71 Å². The highest BCUT2D eigenvalue weighted by molar-refractivity contribution is 7.09. The van der Waals surface area contributed by atoms with Crippen molar-refractivity contribution in [3.05, 3.63) is 45.8 Å². The van der Waals surface area contributed by atoms with E-state index in [0.29, 0.717) is 0 Å². The van der Waals surface area contributed by atoms with E-state index >= 15 is 0 Å². The highest BCUT2D eigenvalue weighted by atomic mass is 32.1. The van der Waals surface area contributed by atoms with Crippen molar-refractivity contribution in [1.82, 2.24) is 0 Å². The summed E-state index contributed by atoms with van der Waals surface area (Å²) in [4.78, 5) is 6.02. The van der Waals surface area contributed by atoms with Crippen molar-refractivity contribution < 1.29 is 0 Å². The fourth-order valence-electron chi connectivity index (χ4n) is 1.98. The van der Waals surface area contributed by atoms with Crippen LogP contribution in [0.2, 0.25) is 0 Å². The summed E-state index contributed by atoms with van der Waals surface area (Å²) < 4.78 is 0. The molecule has 0 fully saturated rings. The summed E-state index contributed by atoms with van der Waals surface area (Å²) in [5.41, 5.74) is 3.96. The zero-order valence-corrected chi connectivity index (χ0v) is 14.1. The van der Waals surface area contributed by atoms with Gasteiger partial charge in [0.2, 0.25) is 0 Å². The van der Waals surface area contributed by atoms with Crippen LogP contribution in [0.3, 0.4) is 0 Å². The van der Waals surface area contributed by atoms with Gasteiger partial charge in [-0.05, 0) is 50.1 Å². The molecule has 1 rings (SSSR count). The third-order valence-electron chi connectivity index (χ3n) is 3.22. The molecular formula is C18H27NS. The van der Waals surface area contributed by atoms with Gasteiger partial charge in [-0.15, -0.1) is 11.3 Å². The van der Waals surface area contributed by atoms with E-state index in [9.17, 15) is 0 Å². The third-order valence-corrected chi connectivity index (χ3v) is 4.09. The summed E-state index contributed by atoms with van der Waals surface area (Å²) >= 11 is 1.83. The first-order valence-corrected chi connectivity index (χ1v) is 8.45. The van der Waals surface area contributed by atoms with Crippen molar-refractivity contribution in [2.45, 2.75) is 59.8 Å². The molecule has 2 heteroatoms. The number of unbranched alkanes of at least 4 members (excludes halogenated alkanes) is 1. The largest absolute Gasteiger partial charge is 0.266 e. The van der Waals surface area contributed by atoms with E-state index in [1.54, 1.807) is 0 Å². The second kappa shape index (κ2) is 9.71. The Labute approximate surface area is 128 Å². The van der Waals surface area contributed by atoms with Crippen molar-refractivity contribution in [3.8, 4) is 0 Å². The maximum absolute atomic E-state index is 4.60. The molecule has 0 saturated heterocycles. The summed E-state index contributed by atoms with van der Waals surface area (Å²) in [6.07, 6.45) is 10.00. The Morgan fingerprint density at radius 2 is 2.10 bits per heavy atom. The Morgan fingerprint density at radius 3 is 2.70 bits per heavy atom. The molecule has 0 aromatic carbocycles. The van der Waals surface area contributed by atoms with Gasteiger partial charge in [0.25, 0.3) is 0 Å². The summed E-state index contributed by atoms with van der Waals surface area (Å²) in [6, 6.07) is 4.32. The maximum Gasteiger partial charge on any atom is 0.0298 e. The Kier molecular flexibility index (Phi) is 8.20. The molecule has 0 spiro atoms. The molecule has 0 aliphatic heterocycles. The zero-order valence-electron chi connectivity index (χ0n) is 13.3. The lowest BCUT2D eigenvalue weighted by atomic mass is 10.1. The maximum atomic E-state index is 4.60. The van der Waals surface area contributed by atoms with Gasteiger partial charge in [-0.3, -0.25) is 4.99 Å². The smallest absolute Gasteiger partial charge is 0.0298 e. The van der Waals surface area contributed by atoms with Gasteiger partial charge in [0.1, 0.15) is 0 Å². The number of nitrogens with zero attached hydrogens (tertiary/aromatic N) is 1. The number of thiophene rings is 1. The zero-order chi connectivity index (χ0) is 14.8. The highest BCUT2D eigenvalue weighted by Gasteiger charge is 1.97. The van der Waals surface area contributed by atoms with E-state index < -0.39 is 0 Å². The first-order valence-electron chi connectivity index (χ1n) is 7.57. The van der Waals surface area contributed by atoms with Gasteiger partial charge in [0.15, 0.2) is 0 Å². The first-order chi connectivity index (χ1) is 9.65. The molecule has 0 unspecified atom stereocenters. The van der Waals surface area contributed by atoms with E-state index in [-0.39, 0.29) is 0 Å². The average Bonchev–Trinajstić information content (AvgIpc) is 2.93. The lowest BCUT2D eigenvalue weighted by Gasteiger charge is -2.02. The van der Waals surface area contributed by atoms with Gasteiger partial charge in [0, 0.05) is 23.2 Å². The van der Waals surface area contributed by atoms with E-state index in [2.05, 4.69) is 56.3 Å². The van der Waals surface area contributed by atoms with Crippen LogP contribution >= 0.6 is 11.3 Å². The van der Waals surface area contributed by atoms with Gasteiger partial charge in [0.05, 0.1) is 0 Å². The normalized spacial score (nSPS) is 13.9.